The van der Waals surface area contributed by atoms with Crippen molar-refractivity contribution in [3.63, 3.8) is 0 Å². The summed E-state index contributed by atoms with van der Waals surface area (Å²) >= 11 is 0. The van der Waals surface area contributed by atoms with Gasteiger partial charge >= 0.3 is 5.97 Å². The number of nitrogens with one attached hydrogen (secondary N) is 3. The van der Waals surface area contributed by atoms with E-state index in [0.29, 0.717) is 22.7 Å². The molecular formula is C20H21N3O6. The Hall–Kier alpha value is -3.88. The van der Waals surface area contributed by atoms with Gasteiger partial charge in [0.25, 0.3) is 11.8 Å². The molecule has 0 unspecified atom stereocenters. The second-order valence-electron chi connectivity index (χ2n) is 5.88. The van der Waals surface area contributed by atoms with Crippen molar-refractivity contribution in [1.82, 2.24) is 5.32 Å². The zero-order chi connectivity index (χ0) is 21.2. The lowest BCUT2D eigenvalue weighted by Crippen LogP contribution is -2.32. The molecule has 2 rings (SSSR count). The Kier molecular flexibility index (Phi) is 7.72. The van der Waals surface area contributed by atoms with Gasteiger partial charge in [-0.2, -0.15) is 0 Å². The van der Waals surface area contributed by atoms with Crippen LogP contribution in [0, 0.1) is 0 Å². The van der Waals surface area contributed by atoms with Crippen LogP contribution in [0.4, 0.5) is 11.4 Å². The third-order valence-corrected chi connectivity index (χ3v) is 3.58. The minimum Gasteiger partial charge on any atom is -0.497 e. The van der Waals surface area contributed by atoms with Gasteiger partial charge in [-0.05, 0) is 42.5 Å². The lowest BCUT2D eigenvalue weighted by Gasteiger charge is -2.09. The Morgan fingerprint density at radius 1 is 0.931 bits per heavy atom. The normalized spacial score (nSPS) is 9.86. The molecule has 0 heterocycles. The van der Waals surface area contributed by atoms with Crippen molar-refractivity contribution in [3.05, 3.63) is 54.1 Å². The van der Waals surface area contributed by atoms with Gasteiger partial charge in [0.15, 0.2) is 6.61 Å². The summed E-state index contributed by atoms with van der Waals surface area (Å²) in [5.74, 6) is -1.44. The van der Waals surface area contributed by atoms with E-state index in [1.807, 2.05) is 0 Å². The summed E-state index contributed by atoms with van der Waals surface area (Å²) in [4.78, 5) is 46.6. The number of benzene rings is 2. The molecular weight excluding hydrogens is 378 g/mol. The van der Waals surface area contributed by atoms with E-state index in [9.17, 15) is 19.2 Å². The van der Waals surface area contributed by atoms with Crippen LogP contribution in [0.5, 0.6) is 5.75 Å². The van der Waals surface area contributed by atoms with Gasteiger partial charge in [-0.1, -0.05) is 6.07 Å². The monoisotopic (exact) mass is 399 g/mol. The molecule has 0 atom stereocenters. The summed E-state index contributed by atoms with van der Waals surface area (Å²) in [6.45, 7) is 0.513. The van der Waals surface area contributed by atoms with E-state index in [4.69, 9.17) is 9.47 Å². The molecule has 0 aromatic heterocycles. The minimum atomic E-state index is -0.752. The molecule has 29 heavy (non-hydrogen) atoms. The minimum absolute atomic E-state index is 0.202. The fourth-order valence-corrected chi connectivity index (χ4v) is 2.25. The van der Waals surface area contributed by atoms with Crippen LogP contribution in [0.1, 0.15) is 17.3 Å². The Balaban J connectivity index is 1.73. The number of anilines is 2. The molecule has 0 aliphatic heterocycles. The highest BCUT2D eigenvalue weighted by Crippen LogP contribution is 2.13. The van der Waals surface area contributed by atoms with Gasteiger partial charge < -0.3 is 25.4 Å². The van der Waals surface area contributed by atoms with Crippen molar-refractivity contribution in [2.24, 2.45) is 0 Å². The molecule has 9 heteroatoms. The predicted octanol–water partition coefficient (Wildman–Crippen LogP) is 1.57. The second kappa shape index (κ2) is 10.5. The Morgan fingerprint density at radius 2 is 1.59 bits per heavy atom. The molecule has 0 bridgehead atoms. The largest absolute Gasteiger partial charge is 0.497 e. The van der Waals surface area contributed by atoms with E-state index < -0.39 is 24.4 Å². The average molecular weight is 399 g/mol. The lowest BCUT2D eigenvalue weighted by atomic mass is 10.2. The topological polar surface area (TPSA) is 123 Å². The number of esters is 1. The van der Waals surface area contributed by atoms with Crippen LogP contribution in [-0.2, 0) is 19.1 Å². The molecule has 2 aromatic rings. The van der Waals surface area contributed by atoms with Crippen LogP contribution in [0.2, 0.25) is 0 Å². The number of rotatable bonds is 8. The number of ether oxygens (including phenoxy) is 2. The highest BCUT2D eigenvalue weighted by molar-refractivity contribution is 5.97. The zero-order valence-corrected chi connectivity index (χ0v) is 16.0. The lowest BCUT2D eigenvalue weighted by molar-refractivity contribution is -0.146. The first-order valence-corrected chi connectivity index (χ1v) is 8.63. The van der Waals surface area contributed by atoms with Crippen molar-refractivity contribution in [1.29, 1.82) is 0 Å². The summed E-state index contributed by atoms with van der Waals surface area (Å²) in [6.07, 6.45) is 0. The van der Waals surface area contributed by atoms with Crippen molar-refractivity contribution in [2.75, 3.05) is 30.9 Å². The molecule has 0 aliphatic carbocycles. The molecule has 0 radical (unpaired) electrons. The quantitative estimate of drug-likeness (QED) is 0.579. The molecule has 0 saturated carbocycles. The van der Waals surface area contributed by atoms with Crippen molar-refractivity contribution in [3.8, 4) is 5.75 Å². The second-order valence-corrected chi connectivity index (χ2v) is 5.88. The highest BCUT2D eigenvalue weighted by atomic mass is 16.5. The smallest absolute Gasteiger partial charge is 0.325 e. The molecule has 0 aliphatic rings. The van der Waals surface area contributed by atoms with Gasteiger partial charge in [-0.25, -0.2) is 0 Å². The average Bonchev–Trinajstić information content (AvgIpc) is 2.71. The maximum Gasteiger partial charge on any atom is 0.325 e. The number of amides is 3. The Labute approximate surface area is 167 Å². The molecule has 0 spiro atoms. The molecule has 0 saturated heterocycles. The highest BCUT2D eigenvalue weighted by Gasteiger charge is 2.11. The first kappa shape index (κ1) is 21.4. The molecule has 0 fully saturated rings. The van der Waals surface area contributed by atoms with Gasteiger partial charge in [0.1, 0.15) is 12.3 Å². The van der Waals surface area contributed by atoms with Crippen molar-refractivity contribution >= 4 is 35.1 Å². The van der Waals surface area contributed by atoms with Crippen LogP contribution in [0.25, 0.3) is 0 Å². The number of hydrogen-bond acceptors (Lipinski definition) is 6. The third-order valence-electron chi connectivity index (χ3n) is 3.58. The molecule has 152 valence electrons. The standard InChI is InChI=1S/C20H21N3O6/c1-13(24)22-15-6-8-16(9-7-15)23-18(25)12-29-19(26)11-21-20(27)14-4-3-5-17(10-14)28-2/h3-10H,11-12H2,1-2H3,(H,21,27)(H,22,24)(H,23,25). The zero-order valence-electron chi connectivity index (χ0n) is 16.0. The SMILES string of the molecule is COc1cccc(C(=O)NCC(=O)OCC(=O)Nc2ccc(NC(C)=O)cc2)c1. The summed E-state index contributed by atoms with van der Waals surface area (Å²) in [5.41, 5.74) is 1.40. The first-order chi connectivity index (χ1) is 13.9. The Bertz CT molecular complexity index is 895. The third kappa shape index (κ3) is 7.33. The number of carbonyl (C=O) groups excluding carboxylic acids is 4. The number of carbonyl (C=O) groups is 4. The molecule has 3 amide bonds. The Morgan fingerprint density at radius 3 is 2.21 bits per heavy atom. The maximum atomic E-state index is 12.0. The molecule has 3 N–H and O–H groups in total. The van der Waals surface area contributed by atoms with Gasteiger partial charge in [-0.15, -0.1) is 0 Å². The summed E-state index contributed by atoms with van der Waals surface area (Å²) in [7, 11) is 1.48. The van der Waals surface area contributed by atoms with Crippen LogP contribution >= 0.6 is 0 Å². The summed E-state index contributed by atoms with van der Waals surface area (Å²) in [5, 5.41) is 7.57. The van der Waals surface area contributed by atoms with Gasteiger partial charge in [0.05, 0.1) is 7.11 Å². The van der Waals surface area contributed by atoms with Crippen molar-refractivity contribution in [2.45, 2.75) is 6.92 Å². The predicted molar refractivity (Wildman–Crippen MR) is 106 cm³/mol. The van der Waals surface area contributed by atoms with Crippen LogP contribution < -0.4 is 20.7 Å². The summed E-state index contributed by atoms with van der Waals surface area (Å²) < 4.78 is 9.87. The van der Waals surface area contributed by atoms with Crippen LogP contribution in [0.3, 0.4) is 0 Å². The van der Waals surface area contributed by atoms with E-state index in [-0.39, 0.29) is 12.5 Å². The van der Waals surface area contributed by atoms with E-state index >= 15 is 0 Å². The fourth-order valence-electron chi connectivity index (χ4n) is 2.25. The first-order valence-electron chi connectivity index (χ1n) is 8.63. The van der Waals surface area contributed by atoms with Gasteiger partial charge in [0.2, 0.25) is 5.91 Å². The summed E-state index contributed by atoms with van der Waals surface area (Å²) in [6, 6.07) is 12.9. The molecule has 9 nitrogen and oxygen atoms in total. The maximum absolute atomic E-state index is 12.0. The van der Waals surface area contributed by atoms with E-state index in [2.05, 4.69) is 16.0 Å². The van der Waals surface area contributed by atoms with E-state index in [1.54, 1.807) is 42.5 Å². The van der Waals surface area contributed by atoms with E-state index in [1.165, 1.54) is 20.1 Å². The number of hydrogen-bond donors (Lipinski definition) is 3. The fraction of sp³-hybridized carbons (Fsp3) is 0.200. The van der Waals surface area contributed by atoms with Gasteiger partial charge in [-0.3, -0.25) is 19.2 Å². The van der Waals surface area contributed by atoms with Crippen molar-refractivity contribution < 1.29 is 28.7 Å². The van der Waals surface area contributed by atoms with Crippen LogP contribution in [-0.4, -0.2) is 44.0 Å². The van der Waals surface area contributed by atoms with E-state index in [0.717, 1.165) is 0 Å². The van der Waals surface area contributed by atoms with Crippen LogP contribution in [0.15, 0.2) is 48.5 Å². The number of methoxy groups -OCH3 is 1. The van der Waals surface area contributed by atoms with Gasteiger partial charge in [0, 0.05) is 23.9 Å². The molecule has 2 aromatic carbocycles.